The number of hydrogen-bond acceptors (Lipinski definition) is 3. The minimum Gasteiger partial charge on any atom is -0.399 e. The molecule has 1 aromatic rings. The second-order valence-corrected chi connectivity index (χ2v) is 7.58. The first-order valence-electron chi connectivity index (χ1n) is 7.63. The van der Waals surface area contributed by atoms with Crippen LogP contribution < -0.4 is 11.1 Å². The largest absolute Gasteiger partial charge is 0.399 e. The number of thioether (sulfide) groups is 1. The third kappa shape index (κ3) is 3.94. The number of rotatable bonds is 4. The molecule has 0 aromatic heterocycles. The Morgan fingerprint density at radius 2 is 1.95 bits per heavy atom. The molecule has 0 saturated heterocycles. The van der Waals surface area contributed by atoms with Crippen molar-refractivity contribution in [2.24, 2.45) is 0 Å². The fourth-order valence-electron chi connectivity index (χ4n) is 2.89. The first kappa shape index (κ1) is 16.2. The van der Waals surface area contributed by atoms with Gasteiger partial charge in [-0.3, -0.25) is 4.79 Å². The summed E-state index contributed by atoms with van der Waals surface area (Å²) in [6.45, 7) is 3.95. The number of nitrogen functional groups attached to an aromatic ring is 1. The van der Waals surface area contributed by atoms with Gasteiger partial charge in [0.25, 0.3) is 0 Å². The average molecular weight is 306 g/mol. The summed E-state index contributed by atoms with van der Waals surface area (Å²) >= 11 is 1.92. The fourth-order valence-corrected chi connectivity index (χ4v) is 3.71. The lowest BCUT2D eigenvalue weighted by Crippen LogP contribution is -2.47. The molecule has 4 heteroatoms. The monoisotopic (exact) mass is 306 g/mol. The standard InChI is InChI=1S/C17H26N2OS/c1-17(2,12-7-9-13(18)10-8-12)16(20)19-14-5-4-6-15(11-14)21-3/h7-10,14-15H,4-6,11,18H2,1-3H3,(H,19,20). The number of carbonyl (C=O) groups excluding carboxylic acids is 1. The van der Waals surface area contributed by atoms with E-state index in [1.54, 1.807) is 0 Å². The Hall–Kier alpha value is -1.16. The third-order valence-corrected chi connectivity index (χ3v) is 5.59. The van der Waals surface area contributed by atoms with Crippen molar-refractivity contribution < 1.29 is 4.79 Å². The molecule has 2 atom stereocenters. The van der Waals surface area contributed by atoms with Crippen molar-refractivity contribution in [3.8, 4) is 0 Å². The normalized spacial score (nSPS) is 22.8. The molecule has 1 fully saturated rings. The van der Waals surface area contributed by atoms with E-state index in [0.717, 1.165) is 24.1 Å². The van der Waals surface area contributed by atoms with Gasteiger partial charge in [0.15, 0.2) is 0 Å². The number of hydrogen-bond donors (Lipinski definition) is 2. The van der Waals surface area contributed by atoms with Crippen LogP contribution in [0.1, 0.15) is 45.1 Å². The molecule has 0 aliphatic heterocycles. The Morgan fingerprint density at radius 3 is 2.57 bits per heavy atom. The highest BCUT2D eigenvalue weighted by molar-refractivity contribution is 7.99. The number of benzene rings is 1. The first-order valence-corrected chi connectivity index (χ1v) is 8.92. The van der Waals surface area contributed by atoms with Crippen molar-refractivity contribution in [1.82, 2.24) is 5.32 Å². The van der Waals surface area contributed by atoms with Crippen LogP contribution in [0.4, 0.5) is 5.69 Å². The van der Waals surface area contributed by atoms with Gasteiger partial charge in [-0.1, -0.05) is 18.6 Å². The van der Waals surface area contributed by atoms with Crippen LogP contribution in [-0.2, 0) is 10.2 Å². The Morgan fingerprint density at radius 1 is 1.29 bits per heavy atom. The van der Waals surface area contributed by atoms with Crippen molar-refractivity contribution in [2.45, 2.75) is 56.2 Å². The van der Waals surface area contributed by atoms with Crippen LogP contribution in [0.25, 0.3) is 0 Å². The van der Waals surface area contributed by atoms with Crippen LogP contribution in [0.2, 0.25) is 0 Å². The van der Waals surface area contributed by atoms with Crippen molar-refractivity contribution in [1.29, 1.82) is 0 Å². The molecule has 1 amide bonds. The summed E-state index contributed by atoms with van der Waals surface area (Å²) in [5.74, 6) is 0.110. The van der Waals surface area contributed by atoms with Crippen molar-refractivity contribution in [3.63, 3.8) is 0 Å². The summed E-state index contributed by atoms with van der Waals surface area (Å²) in [7, 11) is 0. The van der Waals surface area contributed by atoms with Crippen LogP contribution in [0.5, 0.6) is 0 Å². The lowest BCUT2D eigenvalue weighted by Gasteiger charge is -2.32. The number of amides is 1. The van der Waals surface area contributed by atoms with E-state index >= 15 is 0 Å². The van der Waals surface area contributed by atoms with Gasteiger partial charge in [-0.25, -0.2) is 0 Å². The molecule has 1 aliphatic carbocycles. The van der Waals surface area contributed by atoms with E-state index in [2.05, 4.69) is 11.6 Å². The van der Waals surface area contributed by atoms with Crippen LogP contribution in [0.15, 0.2) is 24.3 Å². The lowest BCUT2D eigenvalue weighted by molar-refractivity contribution is -0.126. The molecule has 0 radical (unpaired) electrons. The third-order valence-electron chi connectivity index (χ3n) is 4.49. The Balaban J connectivity index is 2.02. The maximum Gasteiger partial charge on any atom is 0.230 e. The van der Waals surface area contributed by atoms with Crippen LogP contribution in [0.3, 0.4) is 0 Å². The zero-order valence-corrected chi connectivity index (χ0v) is 14.0. The van der Waals surface area contributed by atoms with Crippen LogP contribution in [0, 0.1) is 0 Å². The molecular formula is C17H26N2OS. The fraction of sp³-hybridized carbons (Fsp3) is 0.588. The highest BCUT2D eigenvalue weighted by Crippen LogP contribution is 2.29. The minimum atomic E-state index is -0.528. The van der Waals surface area contributed by atoms with Gasteiger partial charge in [0.1, 0.15) is 0 Å². The highest BCUT2D eigenvalue weighted by Gasteiger charge is 2.32. The predicted molar refractivity (Wildman–Crippen MR) is 91.6 cm³/mol. The van der Waals surface area contributed by atoms with E-state index in [0.29, 0.717) is 11.3 Å². The van der Waals surface area contributed by atoms with Crippen LogP contribution >= 0.6 is 11.8 Å². The van der Waals surface area contributed by atoms with E-state index in [4.69, 9.17) is 5.73 Å². The van der Waals surface area contributed by atoms with Gasteiger partial charge in [0, 0.05) is 17.0 Å². The first-order chi connectivity index (χ1) is 9.93. The molecule has 1 saturated carbocycles. The van der Waals surface area contributed by atoms with Gasteiger partial charge in [-0.15, -0.1) is 0 Å². The second-order valence-electron chi connectivity index (χ2n) is 6.44. The summed E-state index contributed by atoms with van der Waals surface area (Å²) in [5, 5.41) is 3.94. The highest BCUT2D eigenvalue weighted by atomic mass is 32.2. The molecule has 21 heavy (non-hydrogen) atoms. The number of nitrogens with one attached hydrogen (secondary N) is 1. The van der Waals surface area contributed by atoms with Gasteiger partial charge in [-0.05, 0) is 57.1 Å². The van der Waals surface area contributed by atoms with Gasteiger partial charge < -0.3 is 11.1 Å². The molecular weight excluding hydrogens is 280 g/mol. The van der Waals surface area contributed by atoms with Gasteiger partial charge in [0.2, 0.25) is 5.91 Å². The maximum atomic E-state index is 12.7. The van der Waals surface area contributed by atoms with E-state index in [9.17, 15) is 4.79 Å². The zero-order chi connectivity index (χ0) is 15.5. The molecule has 3 N–H and O–H groups in total. The molecule has 0 heterocycles. The smallest absolute Gasteiger partial charge is 0.230 e. The lowest BCUT2D eigenvalue weighted by atomic mass is 9.83. The maximum absolute atomic E-state index is 12.7. The predicted octanol–water partition coefficient (Wildman–Crippen LogP) is 3.34. The van der Waals surface area contributed by atoms with Gasteiger partial charge in [0.05, 0.1) is 5.41 Å². The molecule has 116 valence electrons. The number of nitrogens with two attached hydrogens (primary N) is 1. The molecule has 1 aliphatic rings. The summed E-state index contributed by atoms with van der Waals surface area (Å²) in [4.78, 5) is 12.7. The minimum absolute atomic E-state index is 0.110. The quantitative estimate of drug-likeness (QED) is 0.839. The molecule has 2 unspecified atom stereocenters. The van der Waals surface area contributed by atoms with E-state index in [-0.39, 0.29) is 5.91 Å². The van der Waals surface area contributed by atoms with Crippen molar-refractivity contribution in [3.05, 3.63) is 29.8 Å². The Kier molecular flexibility index (Phi) is 5.20. The summed E-state index contributed by atoms with van der Waals surface area (Å²) in [6, 6.07) is 7.92. The summed E-state index contributed by atoms with van der Waals surface area (Å²) in [6.07, 6.45) is 6.83. The zero-order valence-electron chi connectivity index (χ0n) is 13.2. The van der Waals surface area contributed by atoms with Gasteiger partial charge in [-0.2, -0.15) is 11.8 Å². The molecule has 3 nitrogen and oxygen atoms in total. The van der Waals surface area contributed by atoms with Crippen LogP contribution in [-0.4, -0.2) is 23.5 Å². The average Bonchev–Trinajstić information content (AvgIpc) is 2.48. The molecule has 2 rings (SSSR count). The second kappa shape index (κ2) is 6.73. The Bertz CT molecular complexity index is 484. The van der Waals surface area contributed by atoms with E-state index in [1.165, 1.54) is 12.8 Å². The van der Waals surface area contributed by atoms with E-state index < -0.39 is 5.41 Å². The summed E-state index contributed by atoms with van der Waals surface area (Å²) in [5.41, 5.74) is 6.93. The van der Waals surface area contributed by atoms with Crippen molar-refractivity contribution in [2.75, 3.05) is 12.0 Å². The van der Waals surface area contributed by atoms with Crippen molar-refractivity contribution >= 4 is 23.4 Å². The summed E-state index contributed by atoms with van der Waals surface area (Å²) < 4.78 is 0. The topological polar surface area (TPSA) is 55.1 Å². The van der Waals surface area contributed by atoms with E-state index in [1.807, 2.05) is 49.9 Å². The Labute approximate surface area is 132 Å². The molecule has 0 spiro atoms. The number of anilines is 1. The number of carbonyl (C=O) groups is 1. The molecule has 0 bridgehead atoms. The SMILES string of the molecule is CSC1CCCC(NC(=O)C(C)(C)c2ccc(N)cc2)C1. The van der Waals surface area contributed by atoms with Gasteiger partial charge >= 0.3 is 0 Å². The molecule has 1 aromatic carbocycles.